The average molecular weight is 267 g/mol. The first-order chi connectivity index (χ1) is 8.77. The number of nitrogens with zero attached hydrogens (tertiary/aromatic N) is 2. The Hall–Kier alpha value is -2.11. The van der Waals surface area contributed by atoms with Crippen LogP contribution in [0.25, 0.3) is 11.3 Å². The maximum absolute atomic E-state index is 12.7. The lowest BCUT2D eigenvalue weighted by Crippen LogP contribution is -2.11. The summed E-state index contributed by atoms with van der Waals surface area (Å²) in [6.45, 7) is 3.81. The first kappa shape index (κ1) is 13.3. The SMILES string of the molecule is Cc1ccc(-c2cc(C(F)(F)F)nc(N)n2)cc1C. The van der Waals surface area contributed by atoms with Gasteiger partial charge in [0, 0.05) is 5.56 Å². The number of aryl methyl sites for hydroxylation is 2. The van der Waals surface area contributed by atoms with Crippen molar-refractivity contribution in [1.29, 1.82) is 0 Å². The van der Waals surface area contributed by atoms with Crippen molar-refractivity contribution in [3.63, 3.8) is 0 Å². The molecule has 0 spiro atoms. The van der Waals surface area contributed by atoms with Gasteiger partial charge in [0.15, 0.2) is 5.69 Å². The smallest absolute Gasteiger partial charge is 0.368 e. The third kappa shape index (κ3) is 2.83. The lowest BCUT2D eigenvalue weighted by molar-refractivity contribution is -0.141. The van der Waals surface area contributed by atoms with Gasteiger partial charge in [0.2, 0.25) is 5.95 Å². The van der Waals surface area contributed by atoms with E-state index in [9.17, 15) is 13.2 Å². The van der Waals surface area contributed by atoms with Gasteiger partial charge < -0.3 is 5.73 Å². The van der Waals surface area contributed by atoms with Crippen molar-refractivity contribution in [2.45, 2.75) is 20.0 Å². The van der Waals surface area contributed by atoms with Gasteiger partial charge in [-0.3, -0.25) is 0 Å². The molecule has 0 radical (unpaired) electrons. The summed E-state index contributed by atoms with van der Waals surface area (Å²) in [7, 11) is 0. The lowest BCUT2D eigenvalue weighted by atomic mass is 10.0. The molecule has 0 aliphatic rings. The van der Waals surface area contributed by atoms with Gasteiger partial charge in [-0.1, -0.05) is 12.1 Å². The van der Waals surface area contributed by atoms with Crippen LogP contribution >= 0.6 is 0 Å². The van der Waals surface area contributed by atoms with Crippen molar-refractivity contribution in [2.75, 3.05) is 5.73 Å². The van der Waals surface area contributed by atoms with E-state index in [0.29, 0.717) is 5.56 Å². The molecule has 0 unspecified atom stereocenters. The van der Waals surface area contributed by atoms with E-state index in [0.717, 1.165) is 17.2 Å². The molecule has 0 aliphatic carbocycles. The number of aromatic nitrogens is 2. The number of hydrogen-bond acceptors (Lipinski definition) is 3. The summed E-state index contributed by atoms with van der Waals surface area (Å²) in [5, 5.41) is 0. The number of anilines is 1. The largest absolute Gasteiger partial charge is 0.433 e. The normalized spacial score (nSPS) is 11.6. The minimum atomic E-state index is -4.54. The summed E-state index contributed by atoms with van der Waals surface area (Å²) in [6.07, 6.45) is -4.54. The highest BCUT2D eigenvalue weighted by Crippen LogP contribution is 2.31. The fraction of sp³-hybridized carbons (Fsp3) is 0.231. The van der Waals surface area contributed by atoms with Crippen LogP contribution in [-0.4, -0.2) is 9.97 Å². The molecular formula is C13H12F3N3. The Morgan fingerprint density at radius 3 is 2.26 bits per heavy atom. The first-order valence-electron chi connectivity index (χ1n) is 5.57. The molecule has 0 fully saturated rings. The molecule has 6 heteroatoms. The second kappa shape index (κ2) is 4.53. The van der Waals surface area contributed by atoms with E-state index in [1.54, 1.807) is 12.1 Å². The lowest BCUT2D eigenvalue weighted by Gasteiger charge is -2.09. The van der Waals surface area contributed by atoms with Gasteiger partial charge in [-0.05, 0) is 37.1 Å². The molecule has 0 aliphatic heterocycles. The van der Waals surface area contributed by atoms with Crippen LogP contribution in [0.5, 0.6) is 0 Å². The third-order valence-corrected chi connectivity index (χ3v) is 2.84. The number of alkyl halides is 3. The van der Waals surface area contributed by atoms with Crippen LogP contribution in [0.4, 0.5) is 19.1 Å². The van der Waals surface area contributed by atoms with E-state index < -0.39 is 11.9 Å². The van der Waals surface area contributed by atoms with E-state index in [2.05, 4.69) is 9.97 Å². The Balaban J connectivity index is 2.56. The van der Waals surface area contributed by atoms with Crippen LogP contribution in [0, 0.1) is 13.8 Å². The van der Waals surface area contributed by atoms with Crippen molar-refractivity contribution >= 4 is 5.95 Å². The van der Waals surface area contributed by atoms with Crippen LogP contribution in [0.15, 0.2) is 24.3 Å². The number of nitrogen functional groups attached to an aromatic ring is 1. The second-order valence-corrected chi connectivity index (χ2v) is 4.29. The standard InChI is InChI=1S/C13H12F3N3/c1-7-3-4-9(5-8(7)2)10-6-11(13(14,15)16)19-12(17)18-10/h3-6H,1-2H3,(H2,17,18,19). The summed E-state index contributed by atoms with van der Waals surface area (Å²) < 4.78 is 38.0. The van der Waals surface area contributed by atoms with Gasteiger partial charge in [0.25, 0.3) is 0 Å². The molecule has 0 saturated carbocycles. The number of halogens is 3. The van der Waals surface area contributed by atoms with Crippen molar-refractivity contribution in [2.24, 2.45) is 0 Å². The van der Waals surface area contributed by atoms with Crippen LogP contribution < -0.4 is 5.73 Å². The predicted octanol–water partition coefficient (Wildman–Crippen LogP) is 3.36. The average Bonchev–Trinajstić information content (AvgIpc) is 2.31. The number of hydrogen-bond donors (Lipinski definition) is 1. The van der Waals surface area contributed by atoms with Crippen molar-refractivity contribution in [1.82, 2.24) is 9.97 Å². The monoisotopic (exact) mass is 267 g/mol. The van der Waals surface area contributed by atoms with E-state index >= 15 is 0 Å². The summed E-state index contributed by atoms with van der Waals surface area (Å²) >= 11 is 0. The van der Waals surface area contributed by atoms with Gasteiger partial charge in [0.05, 0.1) is 5.69 Å². The van der Waals surface area contributed by atoms with E-state index in [1.165, 1.54) is 0 Å². The first-order valence-corrected chi connectivity index (χ1v) is 5.57. The van der Waals surface area contributed by atoms with Crippen LogP contribution in [-0.2, 0) is 6.18 Å². The van der Waals surface area contributed by atoms with Crippen molar-refractivity contribution in [3.05, 3.63) is 41.1 Å². The molecule has 2 rings (SSSR count). The summed E-state index contributed by atoms with van der Waals surface area (Å²) in [6, 6.07) is 6.22. The Kier molecular flexibility index (Phi) is 3.18. The fourth-order valence-electron chi connectivity index (χ4n) is 1.66. The van der Waals surface area contributed by atoms with Crippen LogP contribution in [0.2, 0.25) is 0 Å². The van der Waals surface area contributed by atoms with Gasteiger partial charge in [-0.25, -0.2) is 9.97 Å². The highest BCUT2D eigenvalue weighted by atomic mass is 19.4. The van der Waals surface area contributed by atoms with Crippen molar-refractivity contribution in [3.8, 4) is 11.3 Å². The highest BCUT2D eigenvalue weighted by Gasteiger charge is 2.33. The molecule has 100 valence electrons. The Morgan fingerprint density at radius 2 is 1.68 bits per heavy atom. The summed E-state index contributed by atoms with van der Waals surface area (Å²) in [5.74, 6) is -0.386. The zero-order chi connectivity index (χ0) is 14.2. The zero-order valence-corrected chi connectivity index (χ0v) is 10.4. The van der Waals surface area contributed by atoms with Gasteiger partial charge in [-0.2, -0.15) is 13.2 Å². The number of benzene rings is 1. The summed E-state index contributed by atoms with van der Waals surface area (Å²) in [5.41, 5.74) is 7.09. The number of nitrogens with two attached hydrogens (primary N) is 1. The van der Waals surface area contributed by atoms with Gasteiger partial charge in [0.1, 0.15) is 0 Å². The zero-order valence-electron chi connectivity index (χ0n) is 10.4. The van der Waals surface area contributed by atoms with Crippen LogP contribution in [0.3, 0.4) is 0 Å². The second-order valence-electron chi connectivity index (χ2n) is 4.29. The van der Waals surface area contributed by atoms with Gasteiger partial charge in [-0.15, -0.1) is 0 Å². The van der Waals surface area contributed by atoms with Crippen molar-refractivity contribution < 1.29 is 13.2 Å². The quantitative estimate of drug-likeness (QED) is 0.861. The molecule has 1 aromatic carbocycles. The molecule has 2 aromatic rings. The maximum Gasteiger partial charge on any atom is 0.433 e. The third-order valence-electron chi connectivity index (χ3n) is 2.84. The highest BCUT2D eigenvalue weighted by molar-refractivity contribution is 5.62. The molecule has 0 bridgehead atoms. The van der Waals surface area contributed by atoms with Gasteiger partial charge >= 0.3 is 6.18 Å². The fourth-order valence-corrected chi connectivity index (χ4v) is 1.66. The molecule has 2 N–H and O–H groups in total. The Morgan fingerprint density at radius 1 is 1.00 bits per heavy atom. The molecular weight excluding hydrogens is 255 g/mol. The summed E-state index contributed by atoms with van der Waals surface area (Å²) in [4.78, 5) is 7.07. The molecule has 19 heavy (non-hydrogen) atoms. The Bertz CT molecular complexity index is 621. The Labute approximate surface area is 108 Å². The van der Waals surface area contributed by atoms with E-state index in [1.807, 2.05) is 19.9 Å². The minimum Gasteiger partial charge on any atom is -0.368 e. The molecule has 0 atom stereocenters. The van der Waals surface area contributed by atoms with Crippen LogP contribution in [0.1, 0.15) is 16.8 Å². The number of rotatable bonds is 1. The topological polar surface area (TPSA) is 51.8 Å². The molecule has 0 amide bonds. The maximum atomic E-state index is 12.7. The minimum absolute atomic E-state index is 0.169. The molecule has 3 nitrogen and oxygen atoms in total. The van der Waals surface area contributed by atoms with E-state index in [4.69, 9.17) is 5.73 Å². The molecule has 1 aromatic heterocycles. The molecule has 1 heterocycles. The predicted molar refractivity (Wildman–Crippen MR) is 66.4 cm³/mol. The molecule has 0 saturated heterocycles. The van der Waals surface area contributed by atoms with E-state index in [-0.39, 0.29) is 11.6 Å².